The Bertz CT molecular complexity index is 506. The van der Waals surface area contributed by atoms with E-state index in [1.165, 1.54) is 25.7 Å². The molecule has 2 heterocycles. The van der Waals surface area contributed by atoms with E-state index < -0.39 is 0 Å². The van der Waals surface area contributed by atoms with Crippen molar-refractivity contribution in [3.8, 4) is 0 Å². The molecule has 0 spiro atoms. The second-order valence-corrected chi connectivity index (χ2v) is 6.83. The minimum Gasteiger partial charge on any atom is -0.309 e. The Hall–Kier alpha value is -0.940. The zero-order chi connectivity index (χ0) is 14.1. The number of nitrogens with one attached hydrogen (secondary N) is 2. The number of pyridine rings is 1. The van der Waals surface area contributed by atoms with Crippen molar-refractivity contribution in [3.63, 3.8) is 0 Å². The van der Waals surface area contributed by atoms with E-state index in [1.807, 2.05) is 13.0 Å². The molecule has 1 aromatic rings. The SMILES string of the molecule is Cc1cc(Br)cnc1NC(=O)C1CC2CCCCC2N1. The van der Waals surface area contributed by atoms with Gasteiger partial charge < -0.3 is 10.6 Å². The number of carbonyl (C=O) groups is 1. The van der Waals surface area contributed by atoms with Crippen molar-refractivity contribution in [2.24, 2.45) is 5.92 Å². The van der Waals surface area contributed by atoms with Gasteiger partial charge in [0.25, 0.3) is 0 Å². The first kappa shape index (κ1) is 14.0. The molecule has 1 saturated heterocycles. The Morgan fingerprint density at radius 2 is 2.25 bits per heavy atom. The van der Waals surface area contributed by atoms with E-state index in [0.717, 1.165) is 16.5 Å². The van der Waals surface area contributed by atoms with Gasteiger partial charge in [0, 0.05) is 16.7 Å². The lowest BCUT2D eigenvalue weighted by atomic mass is 9.85. The number of aromatic nitrogens is 1. The summed E-state index contributed by atoms with van der Waals surface area (Å²) in [5, 5.41) is 6.45. The van der Waals surface area contributed by atoms with Crippen molar-refractivity contribution in [2.45, 2.75) is 51.1 Å². The number of hydrogen-bond acceptors (Lipinski definition) is 3. The number of carbonyl (C=O) groups excluding carboxylic acids is 1. The summed E-state index contributed by atoms with van der Waals surface area (Å²) in [5.41, 5.74) is 0.975. The van der Waals surface area contributed by atoms with Gasteiger partial charge >= 0.3 is 0 Å². The Balaban J connectivity index is 1.65. The molecule has 0 aromatic carbocycles. The van der Waals surface area contributed by atoms with E-state index in [2.05, 4.69) is 31.5 Å². The molecule has 1 aliphatic heterocycles. The van der Waals surface area contributed by atoms with Gasteiger partial charge in [0.1, 0.15) is 5.82 Å². The first-order chi connectivity index (χ1) is 9.63. The number of aryl methyl sites for hydroxylation is 1. The molecule has 1 amide bonds. The van der Waals surface area contributed by atoms with Crippen molar-refractivity contribution in [3.05, 3.63) is 22.3 Å². The predicted octanol–water partition coefficient (Wildman–Crippen LogP) is 3.01. The molecular weight excluding hydrogens is 318 g/mol. The number of amides is 1. The minimum atomic E-state index is -0.0621. The third-order valence-corrected chi connectivity index (χ3v) is 4.90. The van der Waals surface area contributed by atoms with Crippen LogP contribution in [-0.4, -0.2) is 23.0 Å². The third-order valence-electron chi connectivity index (χ3n) is 4.47. The van der Waals surface area contributed by atoms with E-state index in [9.17, 15) is 4.79 Å². The average Bonchev–Trinajstić information content (AvgIpc) is 2.86. The quantitative estimate of drug-likeness (QED) is 0.872. The molecule has 2 fully saturated rings. The summed E-state index contributed by atoms with van der Waals surface area (Å²) < 4.78 is 0.929. The maximum atomic E-state index is 12.4. The Morgan fingerprint density at radius 1 is 1.45 bits per heavy atom. The molecule has 108 valence electrons. The second kappa shape index (κ2) is 5.82. The summed E-state index contributed by atoms with van der Waals surface area (Å²) in [6, 6.07) is 2.44. The fourth-order valence-electron chi connectivity index (χ4n) is 3.40. The maximum absolute atomic E-state index is 12.4. The predicted molar refractivity (Wildman–Crippen MR) is 82.6 cm³/mol. The number of nitrogens with zero attached hydrogens (tertiary/aromatic N) is 1. The normalized spacial score (nSPS) is 29.0. The van der Waals surface area contributed by atoms with Crippen LogP contribution < -0.4 is 10.6 Å². The van der Waals surface area contributed by atoms with Crippen molar-refractivity contribution in [2.75, 3.05) is 5.32 Å². The summed E-state index contributed by atoms with van der Waals surface area (Å²) in [5.74, 6) is 1.39. The van der Waals surface area contributed by atoms with Crippen LogP contribution in [0.5, 0.6) is 0 Å². The van der Waals surface area contributed by atoms with Crippen LogP contribution >= 0.6 is 15.9 Å². The molecule has 1 aliphatic carbocycles. The van der Waals surface area contributed by atoms with Crippen LogP contribution in [0.1, 0.15) is 37.7 Å². The van der Waals surface area contributed by atoms with Crippen LogP contribution in [0.15, 0.2) is 16.7 Å². The zero-order valence-electron chi connectivity index (χ0n) is 11.7. The summed E-state index contributed by atoms with van der Waals surface area (Å²) in [4.78, 5) is 16.6. The van der Waals surface area contributed by atoms with Crippen LogP contribution in [0.2, 0.25) is 0 Å². The topological polar surface area (TPSA) is 54.0 Å². The lowest BCUT2D eigenvalue weighted by molar-refractivity contribution is -0.117. The molecule has 3 rings (SSSR count). The maximum Gasteiger partial charge on any atom is 0.242 e. The molecule has 2 N–H and O–H groups in total. The summed E-state index contributed by atoms with van der Waals surface area (Å²) >= 11 is 3.38. The van der Waals surface area contributed by atoms with Gasteiger partial charge in [0.15, 0.2) is 0 Å². The fourth-order valence-corrected chi connectivity index (χ4v) is 3.84. The molecule has 2 aliphatic rings. The number of anilines is 1. The largest absolute Gasteiger partial charge is 0.309 e. The van der Waals surface area contributed by atoms with Crippen LogP contribution in [0, 0.1) is 12.8 Å². The number of fused-ring (bicyclic) bond motifs is 1. The molecule has 1 aromatic heterocycles. The van der Waals surface area contributed by atoms with Crippen molar-refractivity contribution in [1.82, 2.24) is 10.3 Å². The summed E-state index contributed by atoms with van der Waals surface area (Å²) in [6.07, 6.45) is 7.75. The van der Waals surface area contributed by atoms with E-state index in [1.54, 1.807) is 6.20 Å². The molecule has 5 heteroatoms. The first-order valence-corrected chi connectivity index (χ1v) is 8.12. The molecule has 3 unspecified atom stereocenters. The molecule has 3 atom stereocenters. The number of hydrogen-bond donors (Lipinski definition) is 2. The lowest BCUT2D eigenvalue weighted by Gasteiger charge is -2.24. The smallest absolute Gasteiger partial charge is 0.242 e. The highest BCUT2D eigenvalue weighted by atomic mass is 79.9. The number of halogens is 1. The highest BCUT2D eigenvalue weighted by Gasteiger charge is 2.38. The van der Waals surface area contributed by atoms with Crippen molar-refractivity contribution in [1.29, 1.82) is 0 Å². The highest BCUT2D eigenvalue weighted by Crippen LogP contribution is 2.33. The Labute approximate surface area is 127 Å². The molecule has 20 heavy (non-hydrogen) atoms. The molecule has 0 radical (unpaired) electrons. The van der Waals surface area contributed by atoms with Gasteiger partial charge in [0.2, 0.25) is 5.91 Å². The van der Waals surface area contributed by atoms with Crippen LogP contribution in [-0.2, 0) is 4.79 Å². The van der Waals surface area contributed by atoms with E-state index >= 15 is 0 Å². The highest BCUT2D eigenvalue weighted by molar-refractivity contribution is 9.10. The van der Waals surface area contributed by atoms with Gasteiger partial charge in [-0.25, -0.2) is 4.98 Å². The fraction of sp³-hybridized carbons (Fsp3) is 0.600. The van der Waals surface area contributed by atoms with E-state index in [-0.39, 0.29) is 11.9 Å². The minimum absolute atomic E-state index is 0.0531. The van der Waals surface area contributed by atoms with Crippen molar-refractivity contribution < 1.29 is 4.79 Å². The van der Waals surface area contributed by atoms with Crippen LogP contribution in [0.3, 0.4) is 0 Å². The van der Waals surface area contributed by atoms with E-state index in [0.29, 0.717) is 17.8 Å². The van der Waals surface area contributed by atoms with Gasteiger partial charge in [0.05, 0.1) is 6.04 Å². The van der Waals surface area contributed by atoms with Crippen LogP contribution in [0.25, 0.3) is 0 Å². The molecule has 4 nitrogen and oxygen atoms in total. The monoisotopic (exact) mass is 337 g/mol. The zero-order valence-corrected chi connectivity index (χ0v) is 13.2. The lowest BCUT2D eigenvalue weighted by Crippen LogP contribution is -2.40. The van der Waals surface area contributed by atoms with Gasteiger partial charge in [-0.15, -0.1) is 0 Å². The summed E-state index contributed by atoms with van der Waals surface area (Å²) in [6.45, 7) is 1.95. The molecular formula is C15H20BrN3O. The molecule has 1 saturated carbocycles. The Morgan fingerprint density at radius 3 is 3.00 bits per heavy atom. The van der Waals surface area contributed by atoms with Gasteiger partial charge in [-0.2, -0.15) is 0 Å². The number of rotatable bonds is 2. The van der Waals surface area contributed by atoms with E-state index in [4.69, 9.17) is 0 Å². The molecule has 0 bridgehead atoms. The van der Waals surface area contributed by atoms with Crippen LogP contribution in [0.4, 0.5) is 5.82 Å². The van der Waals surface area contributed by atoms with Gasteiger partial charge in [-0.3, -0.25) is 4.79 Å². The third kappa shape index (κ3) is 2.88. The van der Waals surface area contributed by atoms with Gasteiger partial charge in [-0.1, -0.05) is 12.8 Å². The first-order valence-electron chi connectivity index (χ1n) is 7.32. The summed E-state index contributed by atoms with van der Waals surface area (Å²) in [7, 11) is 0. The van der Waals surface area contributed by atoms with Crippen molar-refractivity contribution >= 4 is 27.7 Å². The average molecular weight is 338 g/mol. The Kier molecular flexibility index (Phi) is 4.08. The standard InChI is InChI=1S/C15H20BrN3O/c1-9-6-11(16)8-17-14(9)19-15(20)13-7-10-4-2-3-5-12(10)18-13/h6,8,10,12-13,18H,2-5,7H2,1H3,(H,17,19,20). The second-order valence-electron chi connectivity index (χ2n) is 5.91. The van der Waals surface area contributed by atoms with Gasteiger partial charge in [-0.05, 0) is 59.7 Å².